The van der Waals surface area contributed by atoms with Crippen LogP contribution < -0.4 is 5.01 Å². The van der Waals surface area contributed by atoms with E-state index in [1.165, 1.54) is 17.1 Å². The lowest BCUT2D eigenvalue weighted by Gasteiger charge is -2.15. The maximum absolute atomic E-state index is 12.1. The zero-order chi connectivity index (χ0) is 16.7. The summed E-state index contributed by atoms with van der Waals surface area (Å²) in [6.07, 6.45) is 0.174. The molecule has 0 aromatic heterocycles. The smallest absolute Gasteiger partial charge is 0.245 e. The van der Waals surface area contributed by atoms with E-state index in [1.807, 2.05) is 6.07 Å². The number of nitriles is 1. The summed E-state index contributed by atoms with van der Waals surface area (Å²) in [4.78, 5) is 0.0556. The molecule has 0 saturated carbocycles. The molecule has 23 heavy (non-hydrogen) atoms. The Morgan fingerprint density at radius 2 is 1.74 bits per heavy atom. The Bertz CT molecular complexity index is 815. The van der Waals surface area contributed by atoms with Crippen LogP contribution in [0, 0.1) is 11.3 Å². The van der Waals surface area contributed by atoms with Crippen molar-refractivity contribution < 1.29 is 8.42 Å². The first-order chi connectivity index (χ1) is 11.0. The van der Waals surface area contributed by atoms with Gasteiger partial charge in [0.05, 0.1) is 29.6 Å². The van der Waals surface area contributed by atoms with E-state index in [-0.39, 0.29) is 17.9 Å². The Morgan fingerprint density at radius 1 is 1.09 bits per heavy atom. The summed E-state index contributed by atoms with van der Waals surface area (Å²) in [6, 6.07) is 16.4. The number of rotatable bonds is 6. The summed E-state index contributed by atoms with van der Waals surface area (Å²) >= 11 is 5.83. The molecule has 2 aromatic rings. The highest BCUT2D eigenvalue weighted by Gasteiger charge is 2.13. The second kappa shape index (κ2) is 7.72. The van der Waals surface area contributed by atoms with Gasteiger partial charge in [0.2, 0.25) is 0 Å². The first kappa shape index (κ1) is 16.9. The molecule has 0 heterocycles. The third kappa shape index (κ3) is 4.77. The van der Waals surface area contributed by atoms with Crippen molar-refractivity contribution in [2.24, 2.45) is 9.74 Å². The molecule has 2 aromatic carbocycles. The van der Waals surface area contributed by atoms with Crippen LogP contribution in [0.25, 0.3) is 0 Å². The summed E-state index contributed by atoms with van der Waals surface area (Å²) in [7, 11) is -3.89. The third-order valence-electron chi connectivity index (χ3n) is 2.85. The van der Waals surface area contributed by atoms with E-state index in [2.05, 4.69) is 9.74 Å². The van der Waals surface area contributed by atoms with E-state index in [0.29, 0.717) is 10.7 Å². The normalized spacial score (nSPS) is 11.3. The SMILES string of the molecule is N#CCCN(N=NS(=O)(=O)c1ccccc1)c1ccc(Cl)cc1. The van der Waals surface area contributed by atoms with Crippen LogP contribution in [-0.4, -0.2) is 15.0 Å². The van der Waals surface area contributed by atoms with Crippen molar-refractivity contribution in [2.45, 2.75) is 11.3 Å². The quantitative estimate of drug-likeness (QED) is 0.586. The lowest BCUT2D eigenvalue weighted by atomic mass is 10.3. The summed E-state index contributed by atoms with van der Waals surface area (Å²) < 4.78 is 27.7. The van der Waals surface area contributed by atoms with Gasteiger partial charge in [-0.15, -0.1) is 0 Å². The van der Waals surface area contributed by atoms with Crippen LogP contribution in [0.15, 0.2) is 69.2 Å². The molecule has 0 aliphatic carbocycles. The molecule has 0 fully saturated rings. The number of nitrogens with zero attached hydrogens (tertiary/aromatic N) is 4. The average Bonchev–Trinajstić information content (AvgIpc) is 2.57. The number of sulfonamides is 1. The van der Waals surface area contributed by atoms with Gasteiger partial charge >= 0.3 is 10.0 Å². The monoisotopic (exact) mass is 348 g/mol. The molecule has 0 amide bonds. The van der Waals surface area contributed by atoms with E-state index >= 15 is 0 Å². The lowest BCUT2D eigenvalue weighted by molar-refractivity contribution is 0.593. The van der Waals surface area contributed by atoms with Crippen molar-refractivity contribution in [2.75, 3.05) is 11.6 Å². The summed E-state index contributed by atoms with van der Waals surface area (Å²) in [6.45, 7) is 0.214. The number of halogens is 1. The van der Waals surface area contributed by atoms with Gasteiger partial charge in [0.25, 0.3) is 0 Å². The predicted molar refractivity (Wildman–Crippen MR) is 87.5 cm³/mol. The maximum atomic E-state index is 12.1. The van der Waals surface area contributed by atoms with Crippen molar-refractivity contribution in [1.29, 1.82) is 5.26 Å². The minimum atomic E-state index is -3.89. The summed E-state index contributed by atoms with van der Waals surface area (Å²) in [5, 5.41) is 14.4. The van der Waals surface area contributed by atoms with Crippen LogP contribution >= 0.6 is 11.6 Å². The van der Waals surface area contributed by atoms with Gasteiger partial charge in [0.1, 0.15) is 0 Å². The number of anilines is 1. The first-order valence-corrected chi connectivity index (χ1v) is 8.48. The topological polar surface area (TPSA) is 85.9 Å². The fourth-order valence-electron chi connectivity index (χ4n) is 1.73. The molecule has 0 aliphatic rings. The molecule has 0 saturated heterocycles. The lowest BCUT2D eigenvalue weighted by Crippen LogP contribution is -2.17. The molecule has 0 spiro atoms. The van der Waals surface area contributed by atoms with Gasteiger partial charge in [-0.3, -0.25) is 0 Å². The average molecular weight is 349 g/mol. The highest BCUT2D eigenvalue weighted by molar-refractivity contribution is 7.90. The summed E-state index contributed by atoms with van der Waals surface area (Å²) in [5.74, 6) is 0. The summed E-state index contributed by atoms with van der Waals surface area (Å²) in [5.41, 5.74) is 0.594. The Labute approximate surface area is 139 Å². The number of hydrogen-bond acceptors (Lipinski definition) is 4. The zero-order valence-electron chi connectivity index (χ0n) is 12.0. The largest absolute Gasteiger partial charge is 0.301 e. The van der Waals surface area contributed by atoms with Crippen molar-refractivity contribution in [1.82, 2.24) is 0 Å². The predicted octanol–water partition coefficient (Wildman–Crippen LogP) is 3.82. The van der Waals surface area contributed by atoms with E-state index in [0.717, 1.165) is 0 Å². The van der Waals surface area contributed by atoms with Crippen molar-refractivity contribution in [3.63, 3.8) is 0 Å². The Balaban J connectivity index is 2.27. The minimum Gasteiger partial charge on any atom is -0.245 e. The molecule has 0 bridgehead atoms. The second-order valence-electron chi connectivity index (χ2n) is 4.47. The molecular weight excluding hydrogens is 336 g/mol. The molecule has 6 nitrogen and oxygen atoms in total. The molecule has 0 unspecified atom stereocenters. The maximum Gasteiger partial charge on any atom is 0.301 e. The van der Waals surface area contributed by atoms with Gasteiger partial charge < -0.3 is 0 Å². The van der Waals surface area contributed by atoms with E-state index < -0.39 is 10.0 Å². The fraction of sp³-hybridized carbons (Fsp3) is 0.133. The van der Waals surface area contributed by atoms with Gasteiger partial charge in [0, 0.05) is 5.02 Å². The van der Waals surface area contributed by atoms with Gasteiger partial charge in [-0.2, -0.15) is 13.7 Å². The number of hydrogen-bond donors (Lipinski definition) is 0. The van der Waals surface area contributed by atoms with Crippen molar-refractivity contribution in [3.8, 4) is 6.07 Å². The highest BCUT2D eigenvalue weighted by atomic mass is 35.5. The zero-order valence-corrected chi connectivity index (χ0v) is 13.6. The Morgan fingerprint density at radius 3 is 2.35 bits per heavy atom. The fourth-order valence-corrected chi connectivity index (χ4v) is 2.63. The van der Waals surface area contributed by atoms with Crippen LogP contribution in [0.1, 0.15) is 6.42 Å². The molecule has 0 aliphatic heterocycles. The van der Waals surface area contributed by atoms with E-state index in [4.69, 9.17) is 16.9 Å². The van der Waals surface area contributed by atoms with E-state index in [9.17, 15) is 8.42 Å². The molecule has 0 atom stereocenters. The third-order valence-corrected chi connectivity index (χ3v) is 4.26. The molecular formula is C15H13ClN4O2S. The first-order valence-electron chi connectivity index (χ1n) is 6.66. The van der Waals surface area contributed by atoms with Crippen LogP contribution in [0.5, 0.6) is 0 Å². The van der Waals surface area contributed by atoms with Crippen LogP contribution in [0.4, 0.5) is 5.69 Å². The molecule has 0 N–H and O–H groups in total. The van der Waals surface area contributed by atoms with Gasteiger partial charge in [-0.05, 0) is 40.9 Å². The van der Waals surface area contributed by atoms with Gasteiger partial charge in [0.15, 0.2) is 0 Å². The Kier molecular flexibility index (Phi) is 5.68. The molecule has 118 valence electrons. The van der Waals surface area contributed by atoms with Crippen LogP contribution in [-0.2, 0) is 10.0 Å². The van der Waals surface area contributed by atoms with Crippen molar-refractivity contribution in [3.05, 3.63) is 59.6 Å². The molecule has 8 heteroatoms. The van der Waals surface area contributed by atoms with E-state index in [1.54, 1.807) is 42.5 Å². The Hall–Kier alpha value is -2.43. The van der Waals surface area contributed by atoms with Gasteiger partial charge in [-0.25, -0.2) is 5.01 Å². The minimum absolute atomic E-state index is 0.0556. The molecule has 2 rings (SSSR count). The highest BCUT2D eigenvalue weighted by Crippen LogP contribution is 2.20. The standard InChI is InChI=1S/C15H13ClN4O2S/c16-13-7-9-14(10-8-13)20(12-4-11-17)18-19-23(21,22)15-5-2-1-3-6-15/h1-3,5-10H,4,12H2. The number of benzene rings is 2. The molecule has 0 radical (unpaired) electrons. The van der Waals surface area contributed by atoms with Gasteiger partial charge in [-0.1, -0.05) is 35.0 Å². The van der Waals surface area contributed by atoms with Crippen LogP contribution in [0.2, 0.25) is 5.02 Å². The van der Waals surface area contributed by atoms with Crippen LogP contribution in [0.3, 0.4) is 0 Å². The second-order valence-corrected chi connectivity index (χ2v) is 6.49. The van der Waals surface area contributed by atoms with Crippen molar-refractivity contribution >= 4 is 27.3 Å².